The first-order chi connectivity index (χ1) is 12.9. The maximum Gasteiger partial charge on any atom is 0.348 e. The smallest absolute Gasteiger partial charge is 0.348 e. The average Bonchev–Trinajstić information content (AvgIpc) is 3.03. The quantitative estimate of drug-likeness (QED) is 0.628. The summed E-state index contributed by atoms with van der Waals surface area (Å²) in [6.45, 7) is 1.69. The first-order valence-electron chi connectivity index (χ1n) is 8.05. The molecule has 5 nitrogen and oxygen atoms in total. The zero-order valence-electron chi connectivity index (χ0n) is 14.4. The summed E-state index contributed by atoms with van der Waals surface area (Å²) in [5.74, 6) is -1.18. The summed E-state index contributed by atoms with van der Waals surface area (Å²) in [5.41, 5.74) is 1.61. The summed E-state index contributed by atoms with van der Waals surface area (Å²) < 4.78 is 27.7. The van der Waals surface area contributed by atoms with E-state index in [4.69, 9.17) is 0 Å². The van der Waals surface area contributed by atoms with Crippen LogP contribution in [0.2, 0.25) is 0 Å². The number of anilines is 1. The molecule has 7 heteroatoms. The van der Waals surface area contributed by atoms with E-state index < -0.39 is 16.0 Å². The Morgan fingerprint density at radius 1 is 1.04 bits per heavy atom. The lowest BCUT2D eigenvalue weighted by Crippen LogP contribution is -2.15. The van der Waals surface area contributed by atoms with Crippen LogP contribution in [0.1, 0.15) is 25.7 Å². The van der Waals surface area contributed by atoms with Gasteiger partial charge in [-0.3, -0.25) is 4.72 Å². The molecule has 1 heterocycles. The molecule has 2 aromatic carbocycles. The fourth-order valence-electron chi connectivity index (χ4n) is 2.53. The van der Waals surface area contributed by atoms with Crippen molar-refractivity contribution in [3.8, 4) is 0 Å². The molecule has 2 N–H and O–H groups in total. The van der Waals surface area contributed by atoms with Gasteiger partial charge in [0, 0.05) is 4.88 Å². The molecule has 0 saturated carbocycles. The van der Waals surface area contributed by atoms with Crippen molar-refractivity contribution in [2.75, 3.05) is 4.72 Å². The van der Waals surface area contributed by atoms with Crippen molar-refractivity contribution >= 4 is 45.2 Å². The normalized spacial score (nSPS) is 11.6. The van der Waals surface area contributed by atoms with Gasteiger partial charge < -0.3 is 5.11 Å². The topological polar surface area (TPSA) is 83.5 Å². The predicted molar refractivity (Wildman–Crippen MR) is 109 cm³/mol. The van der Waals surface area contributed by atoms with Crippen molar-refractivity contribution in [3.63, 3.8) is 0 Å². The van der Waals surface area contributed by atoms with Crippen LogP contribution in [0.25, 0.3) is 12.2 Å². The number of aromatic carboxylic acids is 1. The molecular weight excluding hydrogens is 382 g/mol. The van der Waals surface area contributed by atoms with Gasteiger partial charge in [0.25, 0.3) is 10.0 Å². The van der Waals surface area contributed by atoms with Crippen LogP contribution in [-0.2, 0) is 10.0 Å². The van der Waals surface area contributed by atoms with E-state index in [1.54, 1.807) is 31.2 Å². The molecule has 0 saturated heterocycles. The lowest BCUT2D eigenvalue weighted by Gasteiger charge is -2.09. The molecule has 3 aromatic rings. The minimum atomic E-state index is -3.88. The van der Waals surface area contributed by atoms with Crippen molar-refractivity contribution in [3.05, 3.63) is 81.5 Å². The van der Waals surface area contributed by atoms with Crippen LogP contribution >= 0.6 is 11.3 Å². The van der Waals surface area contributed by atoms with Crippen molar-refractivity contribution < 1.29 is 18.3 Å². The third-order valence-corrected chi connectivity index (χ3v) is 6.43. The maximum absolute atomic E-state index is 12.7. The lowest BCUT2D eigenvalue weighted by atomic mass is 10.2. The van der Waals surface area contributed by atoms with E-state index in [2.05, 4.69) is 4.72 Å². The number of sulfonamides is 1. The van der Waals surface area contributed by atoms with Gasteiger partial charge in [-0.05, 0) is 36.3 Å². The van der Waals surface area contributed by atoms with E-state index >= 15 is 0 Å². The highest BCUT2D eigenvalue weighted by Crippen LogP contribution is 2.31. The van der Waals surface area contributed by atoms with Gasteiger partial charge >= 0.3 is 5.97 Å². The molecule has 0 atom stereocenters. The Bertz CT molecular complexity index is 1100. The summed E-state index contributed by atoms with van der Waals surface area (Å²) in [7, 11) is -3.88. The monoisotopic (exact) mass is 399 g/mol. The SMILES string of the molecule is Cc1ccccc1S(=O)(=O)Nc1cc(C=Cc2ccccc2)sc1C(=O)O. The molecule has 0 aliphatic heterocycles. The third kappa shape index (κ3) is 4.45. The summed E-state index contributed by atoms with van der Waals surface area (Å²) >= 11 is 1.01. The molecule has 138 valence electrons. The second kappa shape index (κ2) is 7.77. The number of aryl methyl sites for hydroxylation is 1. The Balaban J connectivity index is 1.93. The van der Waals surface area contributed by atoms with Crippen molar-refractivity contribution in [1.82, 2.24) is 0 Å². The lowest BCUT2D eigenvalue weighted by molar-refractivity contribution is 0.0703. The largest absolute Gasteiger partial charge is 0.477 e. The Hall–Kier alpha value is -2.90. The summed E-state index contributed by atoms with van der Waals surface area (Å²) in [6, 6.07) is 17.6. The highest BCUT2D eigenvalue weighted by atomic mass is 32.2. The fraction of sp³-hybridized carbons (Fsp3) is 0.0500. The van der Waals surface area contributed by atoms with E-state index in [1.807, 2.05) is 36.4 Å². The zero-order chi connectivity index (χ0) is 19.4. The number of carboxylic acids is 1. The van der Waals surface area contributed by atoms with E-state index in [0.717, 1.165) is 16.9 Å². The van der Waals surface area contributed by atoms with E-state index in [9.17, 15) is 18.3 Å². The number of benzene rings is 2. The van der Waals surface area contributed by atoms with Crippen LogP contribution in [0.5, 0.6) is 0 Å². The van der Waals surface area contributed by atoms with Crippen LogP contribution in [0, 0.1) is 6.92 Å². The predicted octanol–water partition coefficient (Wildman–Crippen LogP) is 4.73. The number of nitrogens with one attached hydrogen (secondary N) is 1. The van der Waals surface area contributed by atoms with Gasteiger partial charge in [-0.25, -0.2) is 13.2 Å². The number of hydrogen-bond acceptors (Lipinski definition) is 4. The average molecular weight is 399 g/mol. The van der Waals surface area contributed by atoms with Crippen LogP contribution in [0.15, 0.2) is 65.6 Å². The van der Waals surface area contributed by atoms with Gasteiger partial charge in [0.05, 0.1) is 10.6 Å². The van der Waals surface area contributed by atoms with Crippen LogP contribution in [0.4, 0.5) is 5.69 Å². The van der Waals surface area contributed by atoms with Crippen LogP contribution in [-0.4, -0.2) is 19.5 Å². The first-order valence-corrected chi connectivity index (χ1v) is 10.4. The Morgan fingerprint density at radius 3 is 2.37 bits per heavy atom. The van der Waals surface area contributed by atoms with Gasteiger partial charge in [0.1, 0.15) is 4.88 Å². The molecule has 27 heavy (non-hydrogen) atoms. The second-order valence-electron chi connectivity index (χ2n) is 5.81. The van der Waals surface area contributed by atoms with E-state index in [1.165, 1.54) is 12.1 Å². The van der Waals surface area contributed by atoms with Crippen LogP contribution < -0.4 is 4.72 Å². The van der Waals surface area contributed by atoms with Crippen molar-refractivity contribution in [2.24, 2.45) is 0 Å². The van der Waals surface area contributed by atoms with Gasteiger partial charge in [-0.15, -0.1) is 11.3 Å². The van der Waals surface area contributed by atoms with Gasteiger partial charge in [-0.1, -0.05) is 54.6 Å². The number of hydrogen-bond donors (Lipinski definition) is 2. The molecule has 0 aliphatic rings. The number of carboxylic acid groups (broad SMARTS) is 1. The molecule has 0 amide bonds. The van der Waals surface area contributed by atoms with Gasteiger partial charge in [0.2, 0.25) is 0 Å². The highest BCUT2D eigenvalue weighted by molar-refractivity contribution is 7.92. The molecule has 0 bridgehead atoms. The first kappa shape index (κ1) is 18.9. The summed E-state index contributed by atoms with van der Waals surface area (Å²) in [4.78, 5) is 12.3. The second-order valence-corrected chi connectivity index (χ2v) is 8.55. The van der Waals surface area contributed by atoms with E-state index in [-0.39, 0.29) is 15.5 Å². The Labute approximate surface area is 161 Å². The molecular formula is C20H17NO4S2. The van der Waals surface area contributed by atoms with E-state index in [0.29, 0.717) is 10.4 Å². The van der Waals surface area contributed by atoms with Crippen molar-refractivity contribution in [1.29, 1.82) is 0 Å². The number of carbonyl (C=O) groups is 1. The molecule has 0 radical (unpaired) electrons. The Kier molecular flexibility index (Phi) is 5.43. The molecule has 0 fully saturated rings. The number of rotatable bonds is 6. The fourth-order valence-corrected chi connectivity index (χ4v) is 4.76. The minimum Gasteiger partial charge on any atom is -0.477 e. The van der Waals surface area contributed by atoms with Gasteiger partial charge in [-0.2, -0.15) is 0 Å². The maximum atomic E-state index is 12.7. The minimum absolute atomic E-state index is 0.0557. The van der Waals surface area contributed by atoms with Crippen molar-refractivity contribution in [2.45, 2.75) is 11.8 Å². The zero-order valence-corrected chi connectivity index (χ0v) is 16.0. The van der Waals surface area contributed by atoms with Crippen LogP contribution in [0.3, 0.4) is 0 Å². The van der Waals surface area contributed by atoms with Gasteiger partial charge in [0.15, 0.2) is 0 Å². The summed E-state index contributed by atoms with van der Waals surface area (Å²) in [5, 5.41) is 9.44. The molecule has 0 aliphatic carbocycles. The molecule has 0 unspecified atom stereocenters. The molecule has 3 rings (SSSR count). The standard InChI is InChI=1S/C20H17NO4S2/c1-14-7-5-6-10-18(14)27(24,25)21-17-13-16(26-19(17)20(22)23)12-11-15-8-3-2-4-9-15/h2-13,21H,1H3,(H,22,23). The molecule has 1 aromatic heterocycles. The molecule has 0 spiro atoms. The number of thiophene rings is 1. The third-order valence-electron chi connectivity index (χ3n) is 3.81. The summed E-state index contributed by atoms with van der Waals surface area (Å²) in [6.07, 6.45) is 3.61. The highest BCUT2D eigenvalue weighted by Gasteiger charge is 2.22. The Morgan fingerprint density at radius 2 is 1.70 bits per heavy atom.